The van der Waals surface area contributed by atoms with E-state index in [0.717, 1.165) is 28.1 Å². The number of nitrogens with one attached hydrogen (secondary N) is 1. The van der Waals surface area contributed by atoms with Crippen LogP contribution in [-0.4, -0.2) is 27.1 Å². The molecular formula is C27H32N4O2. The van der Waals surface area contributed by atoms with Crippen molar-refractivity contribution in [3.63, 3.8) is 0 Å². The molecule has 0 fully saturated rings. The van der Waals surface area contributed by atoms with Gasteiger partial charge in [0.25, 0.3) is 5.91 Å². The lowest BCUT2D eigenvalue weighted by molar-refractivity contribution is -0.126. The van der Waals surface area contributed by atoms with E-state index in [4.69, 9.17) is 5.10 Å². The maximum absolute atomic E-state index is 13.9. The molecule has 3 aromatic rings. The van der Waals surface area contributed by atoms with Gasteiger partial charge in [-0.25, -0.2) is 0 Å². The zero-order valence-corrected chi connectivity index (χ0v) is 20.3. The molecule has 1 aliphatic heterocycles. The summed E-state index contributed by atoms with van der Waals surface area (Å²) in [4.78, 5) is 29.3. The van der Waals surface area contributed by atoms with E-state index in [1.807, 2.05) is 75.4 Å². The summed E-state index contributed by atoms with van der Waals surface area (Å²) < 4.78 is 1.70. The van der Waals surface area contributed by atoms with Gasteiger partial charge in [0, 0.05) is 17.6 Å². The Bertz CT molecular complexity index is 1210. The average molecular weight is 445 g/mol. The fourth-order valence-electron chi connectivity index (χ4n) is 4.25. The summed E-state index contributed by atoms with van der Waals surface area (Å²) in [6.07, 6.45) is 0. The third kappa shape index (κ3) is 4.17. The van der Waals surface area contributed by atoms with Crippen LogP contribution in [0.4, 0.5) is 5.69 Å². The van der Waals surface area contributed by atoms with Crippen molar-refractivity contribution in [2.75, 3.05) is 4.90 Å². The number of rotatable bonds is 4. The molecule has 0 saturated heterocycles. The Kier molecular flexibility index (Phi) is 5.64. The SMILES string of the molecule is Cc1ccc(C)c(N2C(=O)c3cc(C(C)(C)C)nn3C[C@]2(C)C(=O)NCc2ccccc2)c1. The van der Waals surface area contributed by atoms with Gasteiger partial charge < -0.3 is 5.32 Å². The summed E-state index contributed by atoms with van der Waals surface area (Å²) in [5.41, 5.74) is 3.73. The van der Waals surface area contributed by atoms with E-state index in [1.165, 1.54) is 0 Å². The largest absolute Gasteiger partial charge is 0.350 e. The van der Waals surface area contributed by atoms with E-state index in [2.05, 4.69) is 26.1 Å². The third-order valence-corrected chi connectivity index (χ3v) is 6.31. The summed E-state index contributed by atoms with van der Waals surface area (Å²) in [6, 6.07) is 17.6. The molecular weight excluding hydrogens is 412 g/mol. The van der Waals surface area contributed by atoms with Crippen LogP contribution in [0.5, 0.6) is 0 Å². The van der Waals surface area contributed by atoms with E-state index in [-0.39, 0.29) is 23.8 Å². The number of carbonyl (C=O) groups excluding carboxylic acids is 2. The molecule has 0 unspecified atom stereocenters. The smallest absolute Gasteiger partial charge is 0.277 e. The van der Waals surface area contributed by atoms with Crippen molar-refractivity contribution in [2.45, 2.75) is 65.6 Å². The molecule has 0 saturated carbocycles. The number of nitrogens with zero attached hydrogens (tertiary/aromatic N) is 3. The van der Waals surface area contributed by atoms with Crippen molar-refractivity contribution in [2.24, 2.45) is 0 Å². The van der Waals surface area contributed by atoms with E-state index >= 15 is 0 Å². The molecule has 33 heavy (non-hydrogen) atoms. The van der Waals surface area contributed by atoms with Crippen molar-refractivity contribution in [3.8, 4) is 0 Å². The van der Waals surface area contributed by atoms with Gasteiger partial charge in [-0.15, -0.1) is 0 Å². The van der Waals surface area contributed by atoms with Crippen LogP contribution in [0.2, 0.25) is 0 Å². The maximum Gasteiger partial charge on any atom is 0.277 e. The number of anilines is 1. The fourth-order valence-corrected chi connectivity index (χ4v) is 4.25. The topological polar surface area (TPSA) is 67.2 Å². The molecule has 2 amide bonds. The number of aromatic nitrogens is 2. The van der Waals surface area contributed by atoms with Gasteiger partial charge in [-0.05, 0) is 49.6 Å². The molecule has 0 spiro atoms. The van der Waals surface area contributed by atoms with Gasteiger partial charge >= 0.3 is 0 Å². The van der Waals surface area contributed by atoms with Gasteiger partial charge in [-0.3, -0.25) is 19.2 Å². The quantitative estimate of drug-likeness (QED) is 0.643. The summed E-state index contributed by atoms with van der Waals surface area (Å²) in [7, 11) is 0. The summed E-state index contributed by atoms with van der Waals surface area (Å²) in [5, 5.41) is 7.78. The minimum absolute atomic E-state index is 0.208. The molecule has 4 rings (SSSR count). The maximum atomic E-state index is 13.9. The first-order valence-corrected chi connectivity index (χ1v) is 11.3. The molecule has 2 aromatic carbocycles. The first-order chi connectivity index (χ1) is 15.5. The van der Waals surface area contributed by atoms with Crippen LogP contribution in [0, 0.1) is 13.8 Å². The number of hydrogen-bond donors (Lipinski definition) is 1. The highest BCUT2D eigenvalue weighted by Crippen LogP contribution is 2.36. The lowest BCUT2D eigenvalue weighted by Gasteiger charge is -2.43. The number of amides is 2. The Morgan fingerprint density at radius 3 is 2.45 bits per heavy atom. The molecule has 1 atom stereocenters. The van der Waals surface area contributed by atoms with Gasteiger partial charge in [-0.1, -0.05) is 63.2 Å². The van der Waals surface area contributed by atoms with Crippen LogP contribution in [-0.2, 0) is 23.3 Å². The molecule has 0 radical (unpaired) electrons. The van der Waals surface area contributed by atoms with E-state index < -0.39 is 5.54 Å². The summed E-state index contributed by atoms with van der Waals surface area (Å²) in [5.74, 6) is -0.422. The normalized spacial score (nSPS) is 18.2. The van der Waals surface area contributed by atoms with Gasteiger partial charge in [0.1, 0.15) is 11.2 Å². The number of hydrogen-bond acceptors (Lipinski definition) is 3. The third-order valence-electron chi connectivity index (χ3n) is 6.31. The number of fused-ring (bicyclic) bond motifs is 1. The highest BCUT2D eigenvalue weighted by molar-refractivity contribution is 6.12. The second-order valence-corrected chi connectivity index (χ2v) is 10.2. The van der Waals surface area contributed by atoms with Crippen molar-refractivity contribution in [1.29, 1.82) is 0 Å². The van der Waals surface area contributed by atoms with E-state index in [0.29, 0.717) is 12.2 Å². The minimum Gasteiger partial charge on any atom is -0.350 e. The fraction of sp³-hybridized carbons (Fsp3) is 0.370. The Morgan fingerprint density at radius 1 is 1.09 bits per heavy atom. The Hall–Kier alpha value is -3.41. The van der Waals surface area contributed by atoms with Crippen molar-refractivity contribution >= 4 is 17.5 Å². The van der Waals surface area contributed by atoms with Crippen molar-refractivity contribution < 1.29 is 9.59 Å². The Balaban J connectivity index is 1.79. The van der Waals surface area contributed by atoms with Crippen LogP contribution >= 0.6 is 0 Å². The predicted octanol–water partition coefficient (Wildman–Crippen LogP) is 4.53. The van der Waals surface area contributed by atoms with Crippen LogP contribution in [0.1, 0.15) is 60.6 Å². The van der Waals surface area contributed by atoms with Crippen molar-refractivity contribution in [1.82, 2.24) is 15.1 Å². The first kappa shape index (κ1) is 22.8. The molecule has 6 heteroatoms. The minimum atomic E-state index is -1.14. The van der Waals surface area contributed by atoms with Gasteiger partial charge in [0.05, 0.1) is 12.2 Å². The van der Waals surface area contributed by atoms with E-state index in [9.17, 15) is 9.59 Å². The summed E-state index contributed by atoms with van der Waals surface area (Å²) >= 11 is 0. The monoisotopic (exact) mass is 444 g/mol. The van der Waals surface area contributed by atoms with Crippen molar-refractivity contribution in [3.05, 3.63) is 82.7 Å². The number of carbonyl (C=O) groups is 2. The Morgan fingerprint density at radius 2 is 1.79 bits per heavy atom. The Labute approximate surface area is 195 Å². The van der Waals surface area contributed by atoms with Gasteiger partial charge in [0.2, 0.25) is 5.91 Å². The molecule has 172 valence electrons. The highest BCUT2D eigenvalue weighted by Gasteiger charge is 2.49. The second kappa shape index (κ2) is 8.18. The number of benzene rings is 2. The van der Waals surface area contributed by atoms with Crippen LogP contribution < -0.4 is 10.2 Å². The average Bonchev–Trinajstić information content (AvgIpc) is 3.20. The van der Waals surface area contributed by atoms with E-state index in [1.54, 1.807) is 9.58 Å². The molecule has 1 N–H and O–H groups in total. The lowest BCUT2D eigenvalue weighted by Crippen LogP contribution is -2.64. The van der Waals surface area contributed by atoms with Gasteiger partial charge in [0.15, 0.2) is 0 Å². The van der Waals surface area contributed by atoms with Crippen LogP contribution in [0.15, 0.2) is 54.6 Å². The molecule has 0 aliphatic carbocycles. The molecule has 2 heterocycles. The zero-order chi connectivity index (χ0) is 24.0. The zero-order valence-electron chi connectivity index (χ0n) is 20.3. The molecule has 6 nitrogen and oxygen atoms in total. The predicted molar refractivity (Wildman–Crippen MR) is 130 cm³/mol. The standard InChI is InChI=1S/C27H32N4O2/c1-18-12-13-19(2)21(14-18)31-24(32)22-15-23(26(3,4)5)29-30(22)17-27(31,6)25(33)28-16-20-10-8-7-9-11-20/h7-15H,16-17H2,1-6H3,(H,28,33)/t27-/m1/s1. The molecule has 0 bridgehead atoms. The highest BCUT2D eigenvalue weighted by atomic mass is 16.2. The number of aryl methyl sites for hydroxylation is 2. The first-order valence-electron chi connectivity index (χ1n) is 11.3. The molecule has 1 aromatic heterocycles. The van der Waals surface area contributed by atoms with Crippen LogP contribution in [0.25, 0.3) is 0 Å². The molecule has 1 aliphatic rings. The summed E-state index contributed by atoms with van der Waals surface area (Å²) in [6.45, 7) is 12.7. The second-order valence-electron chi connectivity index (χ2n) is 10.2. The van der Waals surface area contributed by atoms with Crippen LogP contribution in [0.3, 0.4) is 0 Å². The van der Waals surface area contributed by atoms with Gasteiger partial charge in [-0.2, -0.15) is 5.10 Å². The lowest BCUT2D eigenvalue weighted by atomic mass is 9.91.